The van der Waals surface area contributed by atoms with E-state index in [4.69, 9.17) is 17.3 Å². The van der Waals surface area contributed by atoms with E-state index >= 15 is 0 Å². The molecule has 2 N–H and O–H groups in total. The molecule has 2 nitrogen and oxygen atoms in total. The topological polar surface area (TPSA) is 38.9 Å². The third-order valence-electron chi connectivity index (χ3n) is 1.39. The quantitative estimate of drug-likeness (QED) is 0.711. The van der Waals surface area contributed by atoms with Crippen molar-refractivity contribution in [3.05, 3.63) is 34.6 Å². The fourth-order valence-corrected chi connectivity index (χ4v) is 1.21. The van der Waals surface area contributed by atoms with Crippen molar-refractivity contribution < 1.29 is 0 Å². The molecule has 0 bridgehead atoms. The summed E-state index contributed by atoms with van der Waals surface area (Å²) in [4.78, 5) is 4.04. The minimum Gasteiger partial charge on any atom is -0.327 e. The monoisotopic (exact) mass is 182 g/mol. The highest BCUT2D eigenvalue weighted by Crippen LogP contribution is 2.11. The Morgan fingerprint density at radius 2 is 2.33 bits per heavy atom. The van der Waals surface area contributed by atoms with Crippen molar-refractivity contribution in [2.45, 2.75) is 6.92 Å². The number of hydrogen-bond acceptors (Lipinski definition) is 2. The number of rotatable bonds is 2. The minimum absolute atomic E-state index is 0.520. The highest BCUT2D eigenvalue weighted by molar-refractivity contribution is 6.29. The zero-order chi connectivity index (χ0) is 8.97. The van der Waals surface area contributed by atoms with E-state index in [-0.39, 0.29) is 0 Å². The third kappa shape index (κ3) is 2.64. The number of nitrogens with zero attached hydrogens (tertiary/aromatic N) is 1. The average molecular weight is 183 g/mol. The van der Waals surface area contributed by atoms with Crippen LogP contribution in [0.5, 0.6) is 0 Å². The van der Waals surface area contributed by atoms with E-state index in [1.807, 2.05) is 25.1 Å². The molecule has 0 atom stereocenters. The summed E-state index contributed by atoms with van der Waals surface area (Å²) in [6, 6.07) is 3.76. The molecule has 0 aliphatic carbocycles. The van der Waals surface area contributed by atoms with Gasteiger partial charge in [0.2, 0.25) is 0 Å². The molecule has 1 rings (SSSR count). The van der Waals surface area contributed by atoms with E-state index in [2.05, 4.69) is 4.98 Å². The number of halogens is 1. The highest BCUT2D eigenvalue weighted by atomic mass is 35.5. The molecule has 0 unspecified atom stereocenters. The van der Waals surface area contributed by atoms with Gasteiger partial charge in [0.25, 0.3) is 0 Å². The highest BCUT2D eigenvalue weighted by Gasteiger charge is 1.93. The molecule has 0 radical (unpaired) electrons. The van der Waals surface area contributed by atoms with E-state index in [1.165, 1.54) is 0 Å². The number of aryl methyl sites for hydroxylation is 1. The Balaban J connectivity index is 2.93. The van der Waals surface area contributed by atoms with Crippen LogP contribution in [0.2, 0.25) is 5.15 Å². The molecule has 0 aliphatic heterocycles. The van der Waals surface area contributed by atoms with Crippen LogP contribution in [0.3, 0.4) is 0 Å². The zero-order valence-corrected chi connectivity index (χ0v) is 7.67. The second kappa shape index (κ2) is 4.24. The molecule has 0 spiro atoms. The summed E-state index contributed by atoms with van der Waals surface area (Å²) >= 11 is 5.75. The Morgan fingerprint density at radius 1 is 1.58 bits per heavy atom. The zero-order valence-electron chi connectivity index (χ0n) is 6.92. The Labute approximate surface area is 77.1 Å². The molecule has 3 heteroatoms. The number of hydrogen-bond donors (Lipinski definition) is 1. The van der Waals surface area contributed by atoms with E-state index in [0.717, 1.165) is 11.3 Å². The number of nitrogens with two attached hydrogens (primary N) is 1. The first-order chi connectivity index (χ1) is 5.72. The molecular formula is C9H11ClN2. The van der Waals surface area contributed by atoms with Crippen LogP contribution in [-0.2, 0) is 0 Å². The first-order valence-electron chi connectivity index (χ1n) is 3.73. The molecule has 0 amide bonds. The average Bonchev–Trinajstić information content (AvgIpc) is 1.99. The Hall–Kier alpha value is -0.860. The lowest BCUT2D eigenvalue weighted by atomic mass is 10.2. The SMILES string of the molecule is Cc1cc(/C=C/CN)cc(Cl)n1. The van der Waals surface area contributed by atoms with Crippen LogP contribution in [0.4, 0.5) is 0 Å². The summed E-state index contributed by atoms with van der Waals surface area (Å²) in [5.41, 5.74) is 7.27. The fraction of sp³-hybridized carbons (Fsp3) is 0.222. The van der Waals surface area contributed by atoms with Crippen LogP contribution >= 0.6 is 11.6 Å². The van der Waals surface area contributed by atoms with Gasteiger partial charge in [0.15, 0.2) is 0 Å². The summed E-state index contributed by atoms with van der Waals surface area (Å²) in [6.07, 6.45) is 3.81. The van der Waals surface area contributed by atoms with Crippen molar-refractivity contribution in [1.29, 1.82) is 0 Å². The largest absolute Gasteiger partial charge is 0.327 e. The molecule has 12 heavy (non-hydrogen) atoms. The predicted molar refractivity (Wildman–Crippen MR) is 52.1 cm³/mol. The van der Waals surface area contributed by atoms with E-state index in [9.17, 15) is 0 Å². The maximum atomic E-state index is 5.75. The van der Waals surface area contributed by atoms with Gasteiger partial charge in [0.05, 0.1) is 0 Å². The first kappa shape index (κ1) is 9.23. The van der Waals surface area contributed by atoms with Gasteiger partial charge in [-0.25, -0.2) is 4.98 Å². The molecule has 64 valence electrons. The van der Waals surface area contributed by atoms with Crippen LogP contribution in [0.25, 0.3) is 6.08 Å². The minimum atomic E-state index is 0.520. The summed E-state index contributed by atoms with van der Waals surface area (Å²) < 4.78 is 0. The predicted octanol–water partition coefficient (Wildman–Crippen LogP) is 2.02. The summed E-state index contributed by atoms with van der Waals surface area (Å²) in [6.45, 7) is 2.45. The van der Waals surface area contributed by atoms with Crippen molar-refractivity contribution in [3.8, 4) is 0 Å². The van der Waals surface area contributed by atoms with Gasteiger partial charge in [-0.3, -0.25) is 0 Å². The second-order valence-corrected chi connectivity index (χ2v) is 2.89. The van der Waals surface area contributed by atoms with Gasteiger partial charge in [-0.1, -0.05) is 23.8 Å². The smallest absolute Gasteiger partial charge is 0.129 e. The van der Waals surface area contributed by atoms with Crippen LogP contribution in [0.1, 0.15) is 11.3 Å². The summed E-state index contributed by atoms with van der Waals surface area (Å²) in [7, 11) is 0. The van der Waals surface area contributed by atoms with Crippen LogP contribution in [0.15, 0.2) is 18.2 Å². The van der Waals surface area contributed by atoms with Crippen molar-refractivity contribution in [3.63, 3.8) is 0 Å². The fourth-order valence-electron chi connectivity index (χ4n) is 0.954. The standard InChI is InChI=1S/C9H11ClN2/c1-7-5-8(3-2-4-11)6-9(10)12-7/h2-3,5-6H,4,11H2,1H3/b3-2+. The van der Waals surface area contributed by atoms with Gasteiger partial charge in [-0.05, 0) is 24.6 Å². The van der Waals surface area contributed by atoms with Crippen molar-refractivity contribution in [1.82, 2.24) is 4.98 Å². The molecular weight excluding hydrogens is 172 g/mol. The molecule has 0 saturated carbocycles. The Bertz CT molecular complexity index is 274. The summed E-state index contributed by atoms with van der Waals surface area (Å²) in [5, 5.41) is 0.520. The maximum Gasteiger partial charge on any atom is 0.129 e. The van der Waals surface area contributed by atoms with E-state index in [1.54, 1.807) is 6.07 Å². The maximum absolute atomic E-state index is 5.75. The van der Waals surface area contributed by atoms with Crippen molar-refractivity contribution in [2.24, 2.45) is 5.73 Å². The lowest BCUT2D eigenvalue weighted by Crippen LogP contribution is -1.92. The lowest BCUT2D eigenvalue weighted by molar-refractivity contribution is 1.19. The van der Waals surface area contributed by atoms with Gasteiger partial charge < -0.3 is 5.73 Å². The van der Waals surface area contributed by atoms with E-state index < -0.39 is 0 Å². The lowest BCUT2D eigenvalue weighted by Gasteiger charge is -1.96. The van der Waals surface area contributed by atoms with Gasteiger partial charge in [0, 0.05) is 12.2 Å². The second-order valence-electron chi connectivity index (χ2n) is 2.50. The number of pyridine rings is 1. The normalized spacial score (nSPS) is 10.9. The molecule has 0 saturated heterocycles. The van der Waals surface area contributed by atoms with Gasteiger partial charge >= 0.3 is 0 Å². The Morgan fingerprint density at radius 3 is 2.92 bits per heavy atom. The van der Waals surface area contributed by atoms with Crippen LogP contribution in [-0.4, -0.2) is 11.5 Å². The molecule has 0 fully saturated rings. The molecule has 0 aromatic carbocycles. The van der Waals surface area contributed by atoms with Crippen LogP contribution < -0.4 is 5.73 Å². The van der Waals surface area contributed by atoms with Gasteiger partial charge in [-0.2, -0.15) is 0 Å². The molecule has 0 aliphatic rings. The third-order valence-corrected chi connectivity index (χ3v) is 1.58. The molecule has 1 aromatic rings. The Kier molecular flexibility index (Phi) is 3.26. The number of aromatic nitrogens is 1. The first-order valence-corrected chi connectivity index (χ1v) is 4.11. The van der Waals surface area contributed by atoms with E-state index in [0.29, 0.717) is 11.7 Å². The summed E-state index contributed by atoms with van der Waals surface area (Å²) in [5.74, 6) is 0. The van der Waals surface area contributed by atoms with Crippen LogP contribution in [0, 0.1) is 6.92 Å². The van der Waals surface area contributed by atoms with Gasteiger partial charge in [0.1, 0.15) is 5.15 Å². The molecule has 1 aromatic heterocycles. The van der Waals surface area contributed by atoms with Crippen molar-refractivity contribution >= 4 is 17.7 Å². The molecule has 1 heterocycles. The van der Waals surface area contributed by atoms with Gasteiger partial charge in [-0.15, -0.1) is 0 Å². The van der Waals surface area contributed by atoms with Crippen molar-refractivity contribution in [2.75, 3.05) is 6.54 Å².